The molecule has 1 fully saturated rings. The second kappa shape index (κ2) is 7.85. The summed E-state index contributed by atoms with van der Waals surface area (Å²) in [5.74, 6) is 0.131. The number of fused-ring (bicyclic) bond motifs is 3. The van der Waals surface area contributed by atoms with Gasteiger partial charge in [-0.05, 0) is 42.5 Å². The van der Waals surface area contributed by atoms with Gasteiger partial charge in [-0.3, -0.25) is 4.79 Å². The van der Waals surface area contributed by atoms with E-state index in [1.807, 2.05) is 16.8 Å². The average Bonchev–Trinajstić information content (AvgIpc) is 3.14. The van der Waals surface area contributed by atoms with Crippen LogP contribution in [0.3, 0.4) is 0 Å². The largest absolute Gasteiger partial charge is 0.378 e. The fourth-order valence-electron chi connectivity index (χ4n) is 4.73. The lowest BCUT2D eigenvalue weighted by Crippen LogP contribution is -2.31. The number of benzene rings is 1. The van der Waals surface area contributed by atoms with Crippen LogP contribution in [-0.4, -0.2) is 31.5 Å². The van der Waals surface area contributed by atoms with E-state index in [2.05, 4.69) is 22.2 Å². The number of halogens is 1. The van der Waals surface area contributed by atoms with Crippen LogP contribution in [-0.2, 0) is 11.3 Å². The second-order valence-corrected chi connectivity index (χ2v) is 8.29. The maximum Gasteiger partial charge on any atom is 0.280 e. The van der Waals surface area contributed by atoms with Gasteiger partial charge in [-0.25, -0.2) is 8.91 Å². The number of nitrogens with zero attached hydrogens (tertiary/aromatic N) is 5. The van der Waals surface area contributed by atoms with E-state index < -0.39 is 0 Å². The zero-order chi connectivity index (χ0) is 21.5. The summed E-state index contributed by atoms with van der Waals surface area (Å²) in [6.07, 6.45) is 6.32. The van der Waals surface area contributed by atoms with Gasteiger partial charge in [0.2, 0.25) is 0 Å². The van der Waals surface area contributed by atoms with E-state index in [1.165, 1.54) is 18.6 Å². The summed E-state index contributed by atoms with van der Waals surface area (Å²) in [7, 11) is 1.59. The number of ether oxygens (including phenoxy) is 1. The summed E-state index contributed by atoms with van der Waals surface area (Å²) in [5, 5.41) is 13.3. The summed E-state index contributed by atoms with van der Waals surface area (Å²) < 4.78 is 22.2. The highest BCUT2D eigenvalue weighted by molar-refractivity contribution is 5.84. The molecule has 4 aromatic rings. The Kier molecular flexibility index (Phi) is 5.02. The predicted octanol–water partition coefficient (Wildman–Crippen LogP) is 4.14. The average molecular weight is 421 g/mol. The summed E-state index contributed by atoms with van der Waals surface area (Å²) in [4.78, 5) is 13.3. The zero-order valence-corrected chi connectivity index (χ0v) is 17.6. The monoisotopic (exact) mass is 421 g/mol. The smallest absolute Gasteiger partial charge is 0.280 e. The van der Waals surface area contributed by atoms with Crippen molar-refractivity contribution in [3.63, 3.8) is 0 Å². The number of hydrogen-bond donors (Lipinski definition) is 0. The molecule has 3 heterocycles. The van der Waals surface area contributed by atoms with Gasteiger partial charge in [-0.15, -0.1) is 10.2 Å². The first-order valence-corrected chi connectivity index (χ1v) is 10.6. The third-order valence-corrected chi connectivity index (χ3v) is 6.32. The molecule has 1 aliphatic rings. The van der Waals surface area contributed by atoms with Crippen LogP contribution in [0.4, 0.5) is 4.39 Å². The van der Waals surface area contributed by atoms with Gasteiger partial charge in [0.25, 0.3) is 5.56 Å². The van der Waals surface area contributed by atoms with E-state index in [0.717, 1.165) is 30.4 Å². The lowest BCUT2D eigenvalue weighted by Gasteiger charge is -2.30. The minimum atomic E-state index is -0.317. The van der Waals surface area contributed by atoms with Crippen LogP contribution in [0.2, 0.25) is 0 Å². The first kappa shape index (κ1) is 19.8. The molecule has 2 atom stereocenters. The third-order valence-electron chi connectivity index (χ3n) is 6.32. The van der Waals surface area contributed by atoms with Gasteiger partial charge >= 0.3 is 0 Å². The topological polar surface area (TPSA) is 74.3 Å². The Balaban J connectivity index is 1.71. The molecule has 3 aromatic heterocycles. The van der Waals surface area contributed by atoms with Crippen molar-refractivity contribution in [1.29, 1.82) is 0 Å². The van der Waals surface area contributed by atoms with Crippen molar-refractivity contribution >= 4 is 16.7 Å². The molecule has 0 radical (unpaired) electrons. The molecule has 1 saturated carbocycles. The molecule has 0 aliphatic heterocycles. The number of aromatic nitrogens is 5. The molecular weight excluding hydrogens is 397 g/mol. The van der Waals surface area contributed by atoms with Gasteiger partial charge in [-0.1, -0.05) is 31.9 Å². The van der Waals surface area contributed by atoms with Crippen LogP contribution in [0, 0.1) is 11.7 Å². The Hall–Kier alpha value is -3.13. The SMILES string of the molecule is COCc1nn2c(nnc3c(=O)n([C@H]4CCCC[C@H]4C)ccc32)c1-c1ccc(F)cc1. The number of rotatable bonds is 4. The Morgan fingerprint density at radius 3 is 2.65 bits per heavy atom. The summed E-state index contributed by atoms with van der Waals surface area (Å²) in [6, 6.07) is 8.22. The van der Waals surface area contributed by atoms with Crippen molar-refractivity contribution in [2.24, 2.45) is 5.92 Å². The van der Waals surface area contributed by atoms with Crippen LogP contribution >= 0.6 is 0 Å². The van der Waals surface area contributed by atoms with E-state index in [-0.39, 0.29) is 24.0 Å². The fraction of sp³-hybridized carbons (Fsp3) is 0.391. The van der Waals surface area contributed by atoms with E-state index in [4.69, 9.17) is 4.74 Å². The van der Waals surface area contributed by atoms with Gasteiger partial charge in [0, 0.05) is 19.3 Å². The van der Waals surface area contributed by atoms with Gasteiger partial charge in [0.1, 0.15) is 11.3 Å². The molecule has 8 heteroatoms. The first-order valence-electron chi connectivity index (χ1n) is 10.6. The van der Waals surface area contributed by atoms with E-state index >= 15 is 0 Å². The van der Waals surface area contributed by atoms with E-state index in [0.29, 0.717) is 28.3 Å². The van der Waals surface area contributed by atoms with E-state index in [9.17, 15) is 9.18 Å². The Morgan fingerprint density at radius 2 is 1.90 bits per heavy atom. The van der Waals surface area contributed by atoms with Gasteiger partial charge < -0.3 is 9.30 Å². The van der Waals surface area contributed by atoms with Crippen molar-refractivity contribution < 1.29 is 9.13 Å². The zero-order valence-electron chi connectivity index (χ0n) is 17.6. The number of methoxy groups -OCH3 is 1. The first-order chi connectivity index (χ1) is 15.1. The standard InChI is InChI=1S/C23H24FN5O2/c1-14-5-3-4-6-18(14)28-12-11-19-21(23(28)30)25-26-22-20(15-7-9-16(24)10-8-15)17(13-31-2)27-29(19)22/h7-12,14,18H,3-6,13H2,1-2H3/t14-,18+/m1/s1. The van der Waals surface area contributed by atoms with Crippen LogP contribution < -0.4 is 5.56 Å². The van der Waals surface area contributed by atoms with Crippen LogP contribution in [0.25, 0.3) is 27.8 Å². The van der Waals surface area contributed by atoms with Gasteiger partial charge in [0.15, 0.2) is 11.2 Å². The van der Waals surface area contributed by atoms with Gasteiger partial charge in [-0.2, -0.15) is 5.10 Å². The third kappa shape index (κ3) is 3.31. The molecule has 0 saturated heterocycles. The van der Waals surface area contributed by atoms with Crippen molar-refractivity contribution in [2.75, 3.05) is 7.11 Å². The summed E-state index contributed by atoms with van der Waals surface area (Å²) in [5.41, 5.74) is 3.40. The lowest BCUT2D eigenvalue weighted by atomic mass is 9.85. The maximum absolute atomic E-state index is 13.5. The molecule has 0 amide bonds. The quantitative estimate of drug-likeness (QED) is 0.495. The number of hydrogen-bond acceptors (Lipinski definition) is 5. The summed E-state index contributed by atoms with van der Waals surface area (Å²) >= 11 is 0. The molecule has 0 spiro atoms. The highest BCUT2D eigenvalue weighted by Gasteiger charge is 2.25. The van der Waals surface area contributed by atoms with Crippen LogP contribution in [0.15, 0.2) is 41.3 Å². The minimum absolute atomic E-state index is 0.141. The Morgan fingerprint density at radius 1 is 1.13 bits per heavy atom. The maximum atomic E-state index is 13.5. The molecule has 0 N–H and O–H groups in total. The molecule has 1 aliphatic carbocycles. The molecule has 1 aromatic carbocycles. The number of pyridine rings is 1. The van der Waals surface area contributed by atoms with Crippen molar-refractivity contribution in [3.8, 4) is 11.1 Å². The molecule has 5 rings (SSSR count). The normalized spacial score (nSPS) is 19.3. The summed E-state index contributed by atoms with van der Waals surface area (Å²) in [6.45, 7) is 2.46. The lowest BCUT2D eigenvalue weighted by molar-refractivity contribution is 0.181. The predicted molar refractivity (Wildman–Crippen MR) is 115 cm³/mol. The Labute approximate surface area is 178 Å². The molecular formula is C23H24FN5O2. The molecule has 0 unspecified atom stereocenters. The van der Waals surface area contributed by atoms with Gasteiger partial charge in [0.05, 0.1) is 17.9 Å². The second-order valence-electron chi connectivity index (χ2n) is 8.29. The van der Waals surface area contributed by atoms with E-state index in [1.54, 1.807) is 23.8 Å². The fourth-order valence-corrected chi connectivity index (χ4v) is 4.73. The highest BCUT2D eigenvalue weighted by atomic mass is 19.1. The molecule has 7 nitrogen and oxygen atoms in total. The van der Waals surface area contributed by atoms with Crippen LogP contribution in [0.1, 0.15) is 44.3 Å². The van der Waals surface area contributed by atoms with Crippen molar-refractivity contribution in [2.45, 2.75) is 45.3 Å². The Bertz CT molecular complexity index is 1310. The van der Waals surface area contributed by atoms with Crippen molar-refractivity contribution in [3.05, 3.63) is 58.4 Å². The van der Waals surface area contributed by atoms with Crippen molar-refractivity contribution in [1.82, 2.24) is 24.4 Å². The minimum Gasteiger partial charge on any atom is -0.378 e. The molecule has 0 bridgehead atoms. The molecule has 160 valence electrons. The highest BCUT2D eigenvalue weighted by Crippen LogP contribution is 2.33. The van der Waals surface area contributed by atoms with Crippen LogP contribution in [0.5, 0.6) is 0 Å². The molecule has 31 heavy (non-hydrogen) atoms.